The summed E-state index contributed by atoms with van der Waals surface area (Å²) in [5, 5.41) is 0. The summed E-state index contributed by atoms with van der Waals surface area (Å²) in [7, 11) is -1.85. The molecule has 0 aromatic heterocycles. The molecule has 1 heterocycles. The second-order valence-electron chi connectivity index (χ2n) is 4.10. The first kappa shape index (κ1) is 10.0. The molecular formula is C8H17NO2S. The maximum absolute atomic E-state index is 10.0. The van der Waals surface area contributed by atoms with Crippen LogP contribution in [0.5, 0.6) is 0 Å². The molecule has 1 aliphatic heterocycles. The Labute approximate surface area is 75.5 Å². The Morgan fingerprint density at radius 2 is 1.92 bits per heavy atom. The summed E-state index contributed by atoms with van der Waals surface area (Å²) >= 11 is 0. The minimum atomic E-state index is -1.85. The fourth-order valence-electron chi connectivity index (χ4n) is 0.634. The van der Waals surface area contributed by atoms with E-state index in [0.717, 1.165) is 5.71 Å². The minimum absolute atomic E-state index is 0.143. The predicted octanol–water partition coefficient (Wildman–Crippen LogP) is 2.08. The van der Waals surface area contributed by atoms with Crippen molar-refractivity contribution in [2.24, 2.45) is 4.40 Å². The zero-order chi connectivity index (χ0) is 9.41. The van der Waals surface area contributed by atoms with Crippen LogP contribution in [0, 0.1) is 0 Å². The largest absolute Gasteiger partial charge is 0.369 e. The van der Waals surface area contributed by atoms with E-state index in [1.54, 1.807) is 0 Å². The zero-order valence-corrected chi connectivity index (χ0v) is 8.94. The zero-order valence-electron chi connectivity index (χ0n) is 8.13. The van der Waals surface area contributed by atoms with Crippen molar-refractivity contribution in [2.45, 2.75) is 25.5 Å². The van der Waals surface area contributed by atoms with Crippen LogP contribution < -0.4 is 0 Å². The first-order valence-corrected chi connectivity index (χ1v) is 5.94. The fraction of sp³-hybridized carbons (Fsp3) is 0.875. The van der Waals surface area contributed by atoms with Gasteiger partial charge < -0.3 is 9.29 Å². The molecule has 0 amide bonds. The van der Waals surface area contributed by atoms with Gasteiger partial charge in [-0.25, -0.2) is 4.40 Å². The van der Waals surface area contributed by atoms with Gasteiger partial charge in [0, 0.05) is 11.0 Å². The Hall–Kier alpha value is -0.0600. The summed E-state index contributed by atoms with van der Waals surface area (Å²) in [4.78, 5) is 0. The molecule has 1 aliphatic rings. The number of hydrogen-bond donors (Lipinski definition) is 1. The molecule has 1 N–H and O–H groups in total. The van der Waals surface area contributed by atoms with Crippen molar-refractivity contribution < 1.29 is 9.29 Å². The van der Waals surface area contributed by atoms with Gasteiger partial charge in [-0.3, -0.25) is 0 Å². The number of nitrogens with zero attached hydrogens (tertiary/aromatic N) is 1. The van der Waals surface area contributed by atoms with Crippen LogP contribution in [0.2, 0.25) is 0 Å². The number of hydrogen-bond acceptors (Lipinski definition) is 3. The highest BCUT2D eigenvalue weighted by atomic mass is 32.3. The molecule has 0 bridgehead atoms. The Balaban J connectivity index is 2.71. The molecule has 1 fully saturated rings. The van der Waals surface area contributed by atoms with Crippen LogP contribution in [0.4, 0.5) is 0 Å². The molecule has 0 aromatic rings. The van der Waals surface area contributed by atoms with Crippen LogP contribution in [0.15, 0.2) is 4.40 Å². The van der Waals surface area contributed by atoms with Gasteiger partial charge in [0.25, 0.3) is 0 Å². The van der Waals surface area contributed by atoms with Gasteiger partial charge in [0.2, 0.25) is 0 Å². The summed E-state index contributed by atoms with van der Waals surface area (Å²) in [6.45, 7) is 7.21. The highest BCUT2D eigenvalue weighted by molar-refractivity contribution is 8.28. The lowest BCUT2D eigenvalue weighted by atomic mass is 10.3. The van der Waals surface area contributed by atoms with Gasteiger partial charge in [-0.2, -0.15) is 0 Å². The fourth-order valence-corrected chi connectivity index (χ4v) is 1.52. The molecule has 1 rings (SSSR count). The maximum atomic E-state index is 10.0. The smallest absolute Gasteiger partial charge is 0.0884 e. The molecule has 1 atom stereocenters. The predicted molar refractivity (Wildman–Crippen MR) is 54.2 cm³/mol. The molecule has 1 unspecified atom stereocenters. The van der Waals surface area contributed by atoms with Gasteiger partial charge in [-0.1, -0.05) is 0 Å². The van der Waals surface area contributed by atoms with Crippen molar-refractivity contribution in [1.82, 2.24) is 0 Å². The van der Waals surface area contributed by atoms with E-state index in [9.17, 15) is 4.55 Å². The summed E-state index contributed by atoms with van der Waals surface area (Å²) < 4.78 is 19.2. The van der Waals surface area contributed by atoms with Crippen LogP contribution in [0.3, 0.4) is 0 Å². The van der Waals surface area contributed by atoms with Crippen LogP contribution in [-0.4, -0.2) is 34.5 Å². The van der Waals surface area contributed by atoms with E-state index in [1.807, 2.05) is 27.0 Å². The summed E-state index contributed by atoms with van der Waals surface area (Å²) in [6, 6.07) is 0. The van der Waals surface area contributed by atoms with Gasteiger partial charge in [0.15, 0.2) is 0 Å². The quantitative estimate of drug-likeness (QED) is 0.689. The standard InChI is InChI=1S/C8H17NO2S/c1-8(2,3)12(4,10)9-7-5-11-6-7/h10H,5-6H2,1-4H3. The molecule has 4 heteroatoms. The van der Waals surface area contributed by atoms with Crippen molar-refractivity contribution in [3.63, 3.8) is 0 Å². The van der Waals surface area contributed by atoms with Crippen molar-refractivity contribution in [2.75, 3.05) is 19.5 Å². The molecule has 0 spiro atoms. The third-order valence-electron chi connectivity index (χ3n) is 2.00. The number of rotatable bonds is 1. The molecule has 0 radical (unpaired) electrons. The van der Waals surface area contributed by atoms with Crippen LogP contribution in [0.25, 0.3) is 0 Å². The second kappa shape index (κ2) is 3.01. The topological polar surface area (TPSA) is 41.8 Å². The van der Waals surface area contributed by atoms with Gasteiger partial charge >= 0.3 is 0 Å². The van der Waals surface area contributed by atoms with E-state index in [1.165, 1.54) is 0 Å². The lowest BCUT2D eigenvalue weighted by Crippen LogP contribution is -2.31. The van der Waals surface area contributed by atoms with E-state index in [0.29, 0.717) is 13.2 Å². The molecule has 1 saturated heterocycles. The highest BCUT2D eigenvalue weighted by Crippen LogP contribution is 2.53. The van der Waals surface area contributed by atoms with Crippen LogP contribution in [-0.2, 0) is 4.74 Å². The van der Waals surface area contributed by atoms with E-state index in [2.05, 4.69) is 4.40 Å². The average molecular weight is 191 g/mol. The van der Waals surface area contributed by atoms with Crippen LogP contribution in [0.1, 0.15) is 20.8 Å². The maximum Gasteiger partial charge on any atom is 0.0884 e. The average Bonchev–Trinajstić information content (AvgIpc) is 1.76. The van der Waals surface area contributed by atoms with Gasteiger partial charge in [-0.05, 0) is 31.3 Å². The molecular weight excluding hydrogens is 174 g/mol. The summed E-state index contributed by atoms with van der Waals surface area (Å²) in [5.41, 5.74) is 0.991. The van der Waals surface area contributed by atoms with Crippen molar-refractivity contribution in [1.29, 1.82) is 0 Å². The molecule has 0 aliphatic carbocycles. The molecule has 3 nitrogen and oxygen atoms in total. The van der Waals surface area contributed by atoms with Gasteiger partial charge in [-0.15, -0.1) is 0 Å². The first-order valence-electron chi connectivity index (χ1n) is 3.99. The van der Waals surface area contributed by atoms with Crippen molar-refractivity contribution in [3.8, 4) is 0 Å². The molecule has 72 valence electrons. The lowest BCUT2D eigenvalue weighted by molar-refractivity contribution is 0.160. The van der Waals surface area contributed by atoms with E-state index < -0.39 is 10.5 Å². The second-order valence-corrected chi connectivity index (χ2v) is 7.17. The lowest BCUT2D eigenvalue weighted by Gasteiger charge is -2.39. The highest BCUT2D eigenvalue weighted by Gasteiger charge is 2.31. The molecule has 12 heavy (non-hydrogen) atoms. The first-order chi connectivity index (χ1) is 5.33. The van der Waals surface area contributed by atoms with Gasteiger partial charge in [0.1, 0.15) is 0 Å². The van der Waals surface area contributed by atoms with Crippen LogP contribution >= 0.6 is 10.5 Å². The van der Waals surface area contributed by atoms with Crippen molar-refractivity contribution in [3.05, 3.63) is 0 Å². The monoisotopic (exact) mass is 191 g/mol. The molecule has 0 saturated carbocycles. The third-order valence-corrected chi connectivity index (χ3v) is 4.94. The third kappa shape index (κ3) is 2.00. The summed E-state index contributed by atoms with van der Waals surface area (Å²) in [6.07, 6.45) is 1.82. The Bertz CT molecular complexity index is 200. The molecule has 0 aromatic carbocycles. The minimum Gasteiger partial charge on any atom is -0.369 e. The summed E-state index contributed by atoms with van der Waals surface area (Å²) in [5.74, 6) is 0. The van der Waals surface area contributed by atoms with E-state index in [4.69, 9.17) is 4.74 Å². The Morgan fingerprint density at radius 3 is 2.17 bits per heavy atom. The number of ether oxygens (including phenoxy) is 1. The van der Waals surface area contributed by atoms with Gasteiger partial charge in [0.05, 0.1) is 18.9 Å². The van der Waals surface area contributed by atoms with Crippen molar-refractivity contribution >= 4 is 16.2 Å². The van der Waals surface area contributed by atoms with E-state index >= 15 is 0 Å². The Kier molecular flexibility index (Phi) is 2.52. The Morgan fingerprint density at radius 1 is 1.42 bits per heavy atom. The normalized spacial score (nSPS) is 25.6. The SMILES string of the molecule is CC(C)(C)S(C)(O)N=C1COC1. The van der Waals surface area contributed by atoms with E-state index in [-0.39, 0.29) is 4.75 Å².